The molecule has 4 rings (SSSR count). The van der Waals surface area contributed by atoms with Gasteiger partial charge in [0.15, 0.2) is 6.61 Å². The molecule has 1 heterocycles. The Morgan fingerprint density at radius 2 is 1.56 bits per heavy atom. The lowest BCUT2D eigenvalue weighted by atomic mass is 10.1. The first-order valence-electron chi connectivity index (χ1n) is 10.00. The zero-order chi connectivity index (χ0) is 22.5. The molecule has 2 amide bonds. The van der Waals surface area contributed by atoms with Crippen molar-refractivity contribution in [3.05, 3.63) is 101 Å². The van der Waals surface area contributed by atoms with Gasteiger partial charge in [0.2, 0.25) is 0 Å². The minimum Gasteiger partial charge on any atom is -0.483 e. The molecule has 0 atom stereocenters. The SMILES string of the molecule is Cn1c(=O)cc(C(=O)NNC(=O)COc2ccccc2-c2ccccc2)c2ccccc21. The monoisotopic (exact) mass is 427 g/mol. The summed E-state index contributed by atoms with van der Waals surface area (Å²) in [5, 5.41) is 0.606. The van der Waals surface area contributed by atoms with Crippen LogP contribution < -0.4 is 21.1 Å². The average molecular weight is 427 g/mol. The maximum atomic E-state index is 12.6. The molecule has 1 aromatic heterocycles. The second-order valence-corrected chi connectivity index (χ2v) is 7.13. The number of aryl methyl sites for hydroxylation is 1. The van der Waals surface area contributed by atoms with E-state index in [2.05, 4.69) is 10.9 Å². The molecular formula is C25H21N3O4. The molecule has 32 heavy (non-hydrogen) atoms. The van der Waals surface area contributed by atoms with Gasteiger partial charge in [-0.25, -0.2) is 0 Å². The van der Waals surface area contributed by atoms with E-state index in [1.54, 1.807) is 37.4 Å². The Hall–Kier alpha value is -4.39. The Labute approximate surface area is 184 Å². The Bertz CT molecular complexity index is 1350. The number of ether oxygens (including phenoxy) is 1. The summed E-state index contributed by atoms with van der Waals surface area (Å²) >= 11 is 0. The molecule has 0 unspecified atom stereocenters. The van der Waals surface area contributed by atoms with Crippen LogP contribution in [0.3, 0.4) is 0 Å². The van der Waals surface area contributed by atoms with Gasteiger partial charge in [-0.05, 0) is 17.7 Å². The van der Waals surface area contributed by atoms with Gasteiger partial charge < -0.3 is 9.30 Å². The van der Waals surface area contributed by atoms with Gasteiger partial charge in [-0.15, -0.1) is 0 Å². The summed E-state index contributed by atoms with van der Waals surface area (Å²) in [7, 11) is 1.64. The van der Waals surface area contributed by atoms with Gasteiger partial charge in [0.25, 0.3) is 17.4 Å². The van der Waals surface area contributed by atoms with E-state index in [9.17, 15) is 14.4 Å². The molecule has 7 heteroatoms. The molecule has 0 saturated carbocycles. The molecule has 160 valence electrons. The number of hydrazine groups is 1. The molecular weight excluding hydrogens is 406 g/mol. The topological polar surface area (TPSA) is 89.4 Å². The molecule has 0 aliphatic heterocycles. The molecule has 0 aliphatic carbocycles. The number of carbonyl (C=O) groups is 2. The number of hydrogen-bond acceptors (Lipinski definition) is 4. The summed E-state index contributed by atoms with van der Waals surface area (Å²) in [6, 6.07) is 25.4. The maximum absolute atomic E-state index is 12.6. The molecule has 0 radical (unpaired) electrons. The lowest BCUT2D eigenvalue weighted by molar-refractivity contribution is -0.123. The number of nitrogens with one attached hydrogen (secondary N) is 2. The summed E-state index contributed by atoms with van der Waals surface area (Å²) in [6.45, 7) is -0.290. The van der Waals surface area contributed by atoms with Crippen molar-refractivity contribution in [2.45, 2.75) is 0 Å². The van der Waals surface area contributed by atoms with Crippen LogP contribution in [0.15, 0.2) is 89.7 Å². The van der Waals surface area contributed by atoms with Crippen LogP contribution >= 0.6 is 0 Å². The third kappa shape index (κ3) is 4.37. The number of aromatic nitrogens is 1. The molecule has 2 N–H and O–H groups in total. The van der Waals surface area contributed by atoms with E-state index >= 15 is 0 Å². The van der Waals surface area contributed by atoms with Crippen LogP contribution in [0.1, 0.15) is 10.4 Å². The Morgan fingerprint density at radius 1 is 0.875 bits per heavy atom. The van der Waals surface area contributed by atoms with Crippen molar-refractivity contribution in [3.8, 4) is 16.9 Å². The highest BCUT2D eigenvalue weighted by molar-refractivity contribution is 6.06. The van der Waals surface area contributed by atoms with Crippen molar-refractivity contribution >= 4 is 22.7 Å². The standard InChI is InChI=1S/C25H21N3O4/c1-28-21-13-7-5-12-19(21)20(15-24(28)30)25(31)27-26-23(29)16-32-22-14-8-6-11-18(22)17-9-3-2-4-10-17/h2-15H,16H2,1H3,(H,26,29)(H,27,31). The van der Waals surface area contributed by atoms with Crippen LogP contribution in [0, 0.1) is 0 Å². The first-order chi connectivity index (χ1) is 15.5. The number of hydrogen-bond donors (Lipinski definition) is 2. The summed E-state index contributed by atoms with van der Waals surface area (Å²) in [6.07, 6.45) is 0. The van der Waals surface area contributed by atoms with Crippen molar-refractivity contribution in [3.63, 3.8) is 0 Å². The van der Waals surface area contributed by atoms with Crippen LogP contribution in [0.4, 0.5) is 0 Å². The number of rotatable bonds is 5. The van der Waals surface area contributed by atoms with E-state index < -0.39 is 11.8 Å². The zero-order valence-electron chi connectivity index (χ0n) is 17.4. The second kappa shape index (κ2) is 9.18. The van der Waals surface area contributed by atoms with Gasteiger partial charge in [0.1, 0.15) is 5.75 Å². The minimum atomic E-state index is -0.586. The summed E-state index contributed by atoms with van der Waals surface area (Å²) in [4.78, 5) is 37.1. The van der Waals surface area contributed by atoms with E-state index in [1.807, 2.05) is 48.5 Å². The zero-order valence-corrected chi connectivity index (χ0v) is 17.4. The summed E-state index contributed by atoms with van der Waals surface area (Å²) in [5.74, 6) is -0.566. The van der Waals surface area contributed by atoms with Crippen LogP contribution in [0.2, 0.25) is 0 Å². The van der Waals surface area contributed by atoms with Crippen LogP contribution in [-0.4, -0.2) is 23.0 Å². The predicted octanol–water partition coefficient (Wildman–Crippen LogP) is 3.05. The van der Waals surface area contributed by atoms with E-state index in [4.69, 9.17) is 4.74 Å². The Morgan fingerprint density at radius 3 is 2.38 bits per heavy atom. The van der Waals surface area contributed by atoms with Crippen LogP contribution in [0.25, 0.3) is 22.0 Å². The molecule has 0 saturated heterocycles. The number of carbonyl (C=O) groups excluding carboxylic acids is 2. The number of amides is 2. The third-order valence-corrected chi connectivity index (χ3v) is 5.04. The second-order valence-electron chi connectivity index (χ2n) is 7.13. The smallest absolute Gasteiger partial charge is 0.276 e. The lowest BCUT2D eigenvalue weighted by Crippen LogP contribution is -2.44. The number of para-hydroxylation sites is 2. The van der Waals surface area contributed by atoms with Crippen LogP contribution in [0.5, 0.6) is 5.75 Å². The largest absolute Gasteiger partial charge is 0.483 e. The van der Waals surface area contributed by atoms with E-state index in [0.29, 0.717) is 16.7 Å². The van der Waals surface area contributed by atoms with E-state index in [0.717, 1.165) is 11.1 Å². The number of pyridine rings is 1. The summed E-state index contributed by atoms with van der Waals surface area (Å²) in [5.41, 5.74) is 7.00. The normalized spacial score (nSPS) is 10.5. The first kappa shape index (κ1) is 20.9. The lowest BCUT2D eigenvalue weighted by Gasteiger charge is -2.13. The highest BCUT2D eigenvalue weighted by Crippen LogP contribution is 2.29. The molecule has 0 aliphatic rings. The van der Waals surface area contributed by atoms with E-state index in [1.165, 1.54) is 10.6 Å². The molecule has 0 spiro atoms. The van der Waals surface area contributed by atoms with Gasteiger partial charge in [-0.3, -0.25) is 25.2 Å². The Balaban J connectivity index is 1.42. The Kier molecular flexibility index (Phi) is 5.98. The fourth-order valence-electron chi connectivity index (χ4n) is 3.42. The quantitative estimate of drug-likeness (QED) is 0.479. The third-order valence-electron chi connectivity index (χ3n) is 5.04. The highest BCUT2D eigenvalue weighted by Gasteiger charge is 2.14. The van der Waals surface area contributed by atoms with Crippen molar-refractivity contribution in [2.75, 3.05) is 6.61 Å². The predicted molar refractivity (Wildman–Crippen MR) is 122 cm³/mol. The van der Waals surface area contributed by atoms with Crippen molar-refractivity contribution < 1.29 is 14.3 Å². The fraction of sp³-hybridized carbons (Fsp3) is 0.0800. The molecule has 3 aromatic carbocycles. The van der Waals surface area contributed by atoms with Gasteiger partial charge in [-0.2, -0.15) is 0 Å². The molecule has 0 fully saturated rings. The maximum Gasteiger partial charge on any atom is 0.276 e. The van der Waals surface area contributed by atoms with Gasteiger partial charge in [-0.1, -0.05) is 66.7 Å². The molecule has 4 aromatic rings. The van der Waals surface area contributed by atoms with Crippen molar-refractivity contribution in [2.24, 2.45) is 7.05 Å². The van der Waals surface area contributed by atoms with Gasteiger partial charge >= 0.3 is 0 Å². The highest BCUT2D eigenvalue weighted by atomic mass is 16.5. The number of fused-ring (bicyclic) bond motifs is 1. The first-order valence-corrected chi connectivity index (χ1v) is 10.00. The van der Waals surface area contributed by atoms with Crippen LogP contribution in [-0.2, 0) is 11.8 Å². The number of nitrogens with zero attached hydrogens (tertiary/aromatic N) is 1. The van der Waals surface area contributed by atoms with Crippen molar-refractivity contribution in [1.82, 2.24) is 15.4 Å². The summed E-state index contributed by atoms with van der Waals surface area (Å²) < 4.78 is 7.14. The van der Waals surface area contributed by atoms with Gasteiger partial charge in [0.05, 0.1) is 11.1 Å². The van der Waals surface area contributed by atoms with E-state index in [-0.39, 0.29) is 17.7 Å². The average Bonchev–Trinajstić information content (AvgIpc) is 2.84. The molecule has 0 bridgehead atoms. The minimum absolute atomic E-state index is 0.180. The molecule has 7 nitrogen and oxygen atoms in total. The van der Waals surface area contributed by atoms with Gasteiger partial charge in [0, 0.05) is 24.1 Å². The fourth-order valence-corrected chi connectivity index (χ4v) is 3.42. The van der Waals surface area contributed by atoms with Crippen molar-refractivity contribution in [1.29, 1.82) is 0 Å². The number of benzene rings is 3.